The number of hydrogen-bond donors (Lipinski definition) is 1. The molecule has 0 saturated heterocycles. The Labute approximate surface area is 124 Å². The van der Waals surface area contributed by atoms with Gasteiger partial charge in [-0.15, -0.1) is 0 Å². The predicted molar refractivity (Wildman–Crippen MR) is 78.3 cm³/mol. The maximum Gasteiger partial charge on any atom is 0.346 e. The molecule has 1 aromatic carbocycles. The number of halogens is 2. The fourth-order valence-electron chi connectivity index (χ4n) is 2.30. The standard InChI is InChI=1S/C13H13BrClN3O/c14-9-4-3-8(5-10(9)15)11-12(16)17-13(19)18(11)6-7-1-2-7/h3-5,7,11H,1-2,6H2,(H2,16,17,19). The highest BCUT2D eigenvalue weighted by molar-refractivity contribution is 9.10. The van der Waals surface area contributed by atoms with Crippen LogP contribution >= 0.6 is 27.5 Å². The van der Waals surface area contributed by atoms with Crippen LogP contribution in [0.25, 0.3) is 0 Å². The molecule has 0 radical (unpaired) electrons. The van der Waals surface area contributed by atoms with E-state index in [0.29, 0.717) is 16.8 Å². The Bertz CT molecular complexity index is 571. The number of aliphatic imine (C=N–C) groups is 1. The fourth-order valence-corrected chi connectivity index (χ4v) is 2.74. The van der Waals surface area contributed by atoms with Crippen LogP contribution in [0.15, 0.2) is 27.7 Å². The summed E-state index contributed by atoms with van der Waals surface area (Å²) in [6.45, 7) is 0.724. The van der Waals surface area contributed by atoms with E-state index in [1.165, 1.54) is 12.8 Å². The number of carbonyl (C=O) groups is 1. The van der Waals surface area contributed by atoms with Crippen LogP contribution in [0.5, 0.6) is 0 Å². The van der Waals surface area contributed by atoms with Crippen molar-refractivity contribution in [2.45, 2.75) is 18.9 Å². The van der Waals surface area contributed by atoms with E-state index < -0.39 is 0 Å². The molecule has 19 heavy (non-hydrogen) atoms. The molecule has 100 valence electrons. The van der Waals surface area contributed by atoms with Crippen molar-refractivity contribution in [3.05, 3.63) is 33.3 Å². The summed E-state index contributed by atoms with van der Waals surface area (Å²) in [5.41, 5.74) is 6.81. The van der Waals surface area contributed by atoms with Crippen LogP contribution in [0.3, 0.4) is 0 Å². The lowest BCUT2D eigenvalue weighted by Crippen LogP contribution is -2.34. The Morgan fingerprint density at radius 1 is 1.47 bits per heavy atom. The zero-order valence-corrected chi connectivity index (χ0v) is 12.5. The van der Waals surface area contributed by atoms with Gasteiger partial charge < -0.3 is 10.6 Å². The van der Waals surface area contributed by atoms with Gasteiger partial charge in [-0.3, -0.25) is 0 Å². The van der Waals surface area contributed by atoms with Crippen molar-refractivity contribution in [3.8, 4) is 0 Å². The van der Waals surface area contributed by atoms with Crippen molar-refractivity contribution in [2.75, 3.05) is 6.54 Å². The summed E-state index contributed by atoms with van der Waals surface area (Å²) in [4.78, 5) is 17.5. The summed E-state index contributed by atoms with van der Waals surface area (Å²) < 4.78 is 0.825. The SMILES string of the molecule is NC1=NC(=O)N(CC2CC2)C1c1ccc(Br)c(Cl)c1. The van der Waals surface area contributed by atoms with Crippen molar-refractivity contribution in [1.29, 1.82) is 0 Å². The first kappa shape index (κ1) is 12.9. The lowest BCUT2D eigenvalue weighted by atomic mass is 10.1. The van der Waals surface area contributed by atoms with E-state index in [2.05, 4.69) is 20.9 Å². The second-order valence-electron chi connectivity index (χ2n) is 4.99. The number of amides is 2. The quantitative estimate of drug-likeness (QED) is 0.916. The van der Waals surface area contributed by atoms with Gasteiger partial charge in [-0.2, -0.15) is 4.99 Å². The molecule has 3 rings (SSSR count). The zero-order chi connectivity index (χ0) is 13.6. The Balaban J connectivity index is 1.92. The molecule has 0 spiro atoms. The van der Waals surface area contributed by atoms with Crippen molar-refractivity contribution in [2.24, 2.45) is 16.6 Å². The molecule has 1 saturated carbocycles. The smallest absolute Gasteiger partial charge is 0.346 e. The number of urea groups is 1. The van der Waals surface area contributed by atoms with Crippen LogP contribution in [0.4, 0.5) is 4.79 Å². The number of amidine groups is 1. The molecule has 2 amide bonds. The predicted octanol–water partition coefficient (Wildman–Crippen LogP) is 3.35. The summed E-state index contributed by atoms with van der Waals surface area (Å²) in [5.74, 6) is 0.947. The van der Waals surface area contributed by atoms with E-state index in [9.17, 15) is 4.79 Å². The normalized spacial score (nSPS) is 22.8. The van der Waals surface area contributed by atoms with Crippen LogP contribution in [0, 0.1) is 5.92 Å². The average molecular weight is 343 g/mol. The van der Waals surface area contributed by atoms with Gasteiger partial charge in [-0.05, 0) is 52.4 Å². The van der Waals surface area contributed by atoms with Gasteiger partial charge in [0.1, 0.15) is 11.9 Å². The first-order chi connectivity index (χ1) is 9.06. The van der Waals surface area contributed by atoms with E-state index in [0.717, 1.165) is 16.6 Å². The summed E-state index contributed by atoms with van der Waals surface area (Å²) in [5, 5.41) is 0.607. The Kier molecular flexibility index (Phi) is 3.27. The van der Waals surface area contributed by atoms with Crippen LogP contribution in [0.1, 0.15) is 24.4 Å². The molecule has 4 nitrogen and oxygen atoms in total. The highest BCUT2D eigenvalue weighted by Crippen LogP contribution is 2.36. The van der Waals surface area contributed by atoms with Crippen molar-refractivity contribution < 1.29 is 4.79 Å². The van der Waals surface area contributed by atoms with Gasteiger partial charge >= 0.3 is 6.03 Å². The zero-order valence-electron chi connectivity index (χ0n) is 10.1. The molecular weight excluding hydrogens is 330 g/mol. The molecule has 1 aliphatic heterocycles. The molecular formula is C13H13BrClN3O. The number of hydrogen-bond acceptors (Lipinski definition) is 2. The Morgan fingerprint density at radius 2 is 2.21 bits per heavy atom. The van der Waals surface area contributed by atoms with E-state index in [1.54, 1.807) is 4.90 Å². The van der Waals surface area contributed by atoms with Gasteiger partial charge in [-0.25, -0.2) is 4.79 Å². The second kappa shape index (κ2) is 4.80. The van der Waals surface area contributed by atoms with E-state index in [1.807, 2.05) is 18.2 Å². The number of rotatable bonds is 3. The first-order valence-corrected chi connectivity index (χ1v) is 7.33. The topological polar surface area (TPSA) is 58.7 Å². The van der Waals surface area contributed by atoms with E-state index >= 15 is 0 Å². The molecule has 1 aliphatic carbocycles. The summed E-state index contributed by atoms with van der Waals surface area (Å²) >= 11 is 9.47. The third-order valence-corrected chi connectivity index (χ3v) is 4.71. The lowest BCUT2D eigenvalue weighted by molar-refractivity contribution is 0.204. The molecule has 1 atom stereocenters. The van der Waals surface area contributed by atoms with Gasteiger partial charge in [-0.1, -0.05) is 17.7 Å². The number of benzene rings is 1. The van der Waals surface area contributed by atoms with Crippen molar-refractivity contribution in [1.82, 2.24) is 4.90 Å². The molecule has 1 heterocycles. The van der Waals surface area contributed by atoms with Gasteiger partial charge in [0.05, 0.1) is 5.02 Å². The van der Waals surface area contributed by atoms with E-state index in [4.69, 9.17) is 17.3 Å². The average Bonchev–Trinajstić information content (AvgIpc) is 3.11. The summed E-state index contributed by atoms with van der Waals surface area (Å²) in [7, 11) is 0. The van der Waals surface area contributed by atoms with Crippen LogP contribution < -0.4 is 5.73 Å². The largest absolute Gasteiger partial charge is 0.385 e. The minimum absolute atomic E-state index is 0.242. The third-order valence-electron chi connectivity index (χ3n) is 3.47. The Hall–Kier alpha value is -1.07. The molecule has 1 aromatic rings. The van der Waals surface area contributed by atoms with Crippen LogP contribution in [-0.2, 0) is 0 Å². The minimum Gasteiger partial charge on any atom is -0.385 e. The molecule has 2 N–H and O–H groups in total. The van der Waals surface area contributed by atoms with Crippen molar-refractivity contribution in [3.63, 3.8) is 0 Å². The highest BCUT2D eigenvalue weighted by atomic mass is 79.9. The second-order valence-corrected chi connectivity index (χ2v) is 6.25. The van der Waals surface area contributed by atoms with Gasteiger partial charge in [0.2, 0.25) is 0 Å². The van der Waals surface area contributed by atoms with Gasteiger partial charge in [0, 0.05) is 11.0 Å². The number of nitrogens with zero attached hydrogens (tertiary/aromatic N) is 2. The molecule has 0 aromatic heterocycles. The van der Waals surface area contributed by atoms with Crippen molar-refractivity contribution >= 4 is 39.4 Å². The van der Waals surface area contributed by atoms with Crippen LogP contribution in [0.2, 0.25) is 5.02 Å². The molecule has 6 heteroatoms. The maximum atomic E-state index is 11.9. The number of nitrogens with two attached hydrogens (primary N) is 1. The van der Waals surface area contributed by atoms with Gasteiger partial charge in [0.25, 0.3) is 0 Å². The fraction of sp³-hybridized carbons (Fsp3) is 0.385. The Morgan fingerprint density at radius 3 is 2.84 bits per heavy atom. The number of carbonyl (C=O) groups excluding carboxylic acids is 1. The summed E-state index contributed by atoms with van der Waals surface area (Å²) in [6, 6.07) is 5.09. The van der Waals surface area contributed by atoms with E-state index in [-0.39, 0.29) is 12.1 Å². The maximum absolute atomic E-state index is 11.9. The first-order valence-electron chi connectivity index (χ1n) is 6.16. The monoisotopic (exact) mass is 341 g/mol. The molecule has 2 aliphatic rings. The molecule has 0 bridgehead atoms. The van der Waals surface area contributed by atoms with Gasteiger partial charge in [0.15, 0.2) is 0 Å². The molecule has 1 unspecified atom stereocenters. The highest BCUT2D eigenvalue weighted by Gasteiger charge is 2.38. The minimum atomic E-state index is -0.279. The lowest BCUT2D eigenvalue weighted by Gasteiger charge is -2.24. The summed E-state index contributed by atoms with van der Waals surface area (Å²) in [6.07, 6.45) is 2.36. The molecule has 1 fully saturated rings. The third kappa shape index (κ3) is 2.49. The van der Waals surface area contributed by atoms with Crippen LogP contribution in [-0.4, -0.2) is 23.3 Å².